The van der Waals surface area contributed by atoms with Gasteiger partial charge >= 0.3 is 0 Å². The summed E-state index contributed by atoms with van der Waals surface area (Å²) < 4.78 is 5.09. The maximum Gasteiger partial charge on any atom is 0.251 e. The maximum absolute atomic E-state index is 12.2. The minimum atomic E-state index is -1.04. The molecule has 0 saturated heterocycles. The lowest BCUT2D eigenvalue weighted by Crippen LogP contribution is -2.57. The van der Waals surface area contributed by atoms with Gasteiger partial charge in [-0.15, -0.1) is 10.2 Å². The number of carbonyl (C=O) groups is 1. The highest BCUT2D eigenvalue weighted by Gasteiger charge is 2.36. The average molecular weight is 289 g/mol. The molecule has 0 atom stereocenters. The number of nitrogens with zero attached hydrogens (tertiary/aromatic N) is 2. The summed E-state index contributed by atoms with van der Waals surface area (Å²) in [5, 5.41) is 20.3. The van der Waals surface area contributed by atoms with Crippen LogP contribution in [0.25, 0.3) is 11.5 Å². The van der Waals surface area contributed by atoms with Gasteiger partial charge in [0, 0.05) is 11.1 Å². The Hall–Kier alpha value is -2.21. The van der Waals surface area contributed by atoms with Crippen molar-refractivity contribution < 1.29 is 14.3 Å². The predicted octanol–water partition coefficient (Wildman–Crippen LogP) is 2.02. The average Bonchev–Trinajstić information content (AvgIpc) is 2.91. The van der Waals surface area contributed by atoms with E-state index in [1.807, 2.05) is 0 Å². The van der Waals surface area contributed by atoms with E-state index in [2.05, 4.69) is 15.5 Å². The van der Waals surface area contributed by atoms with Crippen molar-refractivity contribution in [2.75, 3.05) is 0 Å². The Balaban J connectivity index is 2.14. The van der Waals surface area contributed by atoms with Gasteiger partial charge in [-0.3, -0.25) is 4.79 Å². The van der Waals surface area contributed by atoms with Crippen molar-refractivity contribution >= 4 is 5.91 Å². The molecule has 1 heterocycles. The highest BCUT2D eigenvalue weighted by molar-refractivity contribution is 5.95. The van der Waals surface area contributed by atoms with Crippen molar-refractivity contribution in [3.8, 4) is 11.5 Å². The lowest BCUT2D eigenvalue weighted by molar-refractivity contribution is -0.00292. The second-order valence-corrected chi connectivity index (χ2v) is 5.96. The first-order chi connectivity index (χ1) is 9.71. The SMILES string of the molecule is CC(C)(O)C(C)(C)NC(=O)c1ccc(-c2nnco2)cc1. The summed E-state index contributed by atoms with van der Waals surface area (Å²) >= 11 is 0. The molecule has 1 aromatic heterocycles. The molecule has 1 amide bonds. The number of aliphatic hydroxyl groups is 1. The third kappa shape index (κ3) is 3.28. The standard InChI is InChI=1S/C15H19N3O3/c1-14(2,15(3,4)20)17-12(19)10-5-7-11(8-6-10)13-18-16-9-21-13/h5-9,20H,1-4H3,(H,17,19). The van der Waals surface area contributed by atoms with Gasteiger partial charge in [-0.25, -0.2) is 0 Å². The fourth-order valence-electron chi connectivity index (χ4n) is 1.57. The zero-order chi connectivity index (χ0) is 15.7. The van der Waals surface area contributed by atoms with Crippen LogP contribution in [0.15, 0.2) is 35.1 Å². The van der Waals surface area contributed by atoms with E-state index in [1.54, 1.807) is 52.0 Å². The van der Waals surface area contributed by atoms with Crippen LogP contribution in [0.1, 0.15) is 38.1 Å². The molecule has 0 bridgehead atoms. The Morgan fingerprint density at radius 3 is 2.29 bits per heavy atom. The normalized spacial score (nSPS) is 12.2. The highest BCUT2D eigenvalue weighted by Crippen LogP contribution is 2.22. The van der Waals surface area contributed by atoms with E-state index in [1.165, 1.54) is 6.39 Å². The van der Waals surface area contributed by atoms with Gasteiger partial charge in [0.05, 0.1) is 11.1 Å². The molecule has 2 aromatic rings. The monoisotopic (exact) mass is 289 g/mol. The molecule has 2 N–H and O–H groups in total. The zero-order valence-corrected chi connectivity index (χ0v) is 12.5. The minimum absolute atomic E-state index is 0.251. The summed E-state index contributed by atoms with van der Waals surface area (Å²) in [5.74, 6) is 0.151. The molecule has 0 fully saturated rings. The van der Waals surface area contributed by atoms with Crippen LogP contribution in [0.5, 0.6) is 0 Å². The van der Waals surface area contributed by atoms with E-state index in [9.17, 15) is 9.90 Å². The molecular formula is C15H19N3O3. The van der Waals surface area contributed by atoms with E-state index in [0.717, 1.165) is 5.56 Å². The number of aromatic nitrogens is 2. The fraction of sp³-hybridized carbons (Fsp3) is 0.400. The Morgan fingerprint density at radius 1 is 1.19 bits per heavy atom. The van der Waals surface area contributed by atoms with Crippen molar-refractivity contribution in [3.63, 3.8) is 0 Å². The van der Waals surface area contributed by atoms with Crippen LogP contribution in [0, 0.1) is 0 Å². The first-order valence-corrected chi connectivity index (χ1v) is 6.62. The minimum Gasteiger partial charge on any atom is -0.423 e. The maximum atomic E-state index is 12.2. The number of nitrogens with one attached hydrogen (secondary N) is 1. The molecule has 0 radical (unpaired) electrons. The summed E-state index contributed by atoms with van der Waals surface area (Å²) in [4.78, 5) is 12.2. The fourth-order valence-corrected chi connectivity index (χ4v) is 1.57. The summed E-state index contributed by atoms with van der Waals surface area (Å²) in [6.07, 6.45) is 1.25. The van der Waals surface area contributed by atoms with Gasteiger partial charge in [-0.2, -0.15) is 0 Å². The molecule has 0 saturated carbocycles. The molecule has 2 rings (SSSR count). The lowest BCUT2D eigenvalue weighted by Gasteiger charge is -2.38. The summed E-state index contributed by atoms with van der Waals surface area (Å²) in [6.45, 7) is 6.87. The summed E-state index contributed by atoms with van der Waals surface area (Å²) in [7, 11) is 0. The van der Waals surface area contributed by atoms with Crippen LogP contribution in [0.3, 0.4) is 0 Å². The molecule has 0 aliphatic heterocycles. The van der Waals surface area contributed by atoms with Crippen molar-refractivity contribution in [3.05, 3.63) is 36.2 Å². The van der Waals surface area contributed by atoms with Gasteiger partial charge in [0.25, 0.3) is 5.91 Å². The molecule has 0 aliphatic carbocycles. The van der Waals surface area contributed by atoms with Gasteiger partial charge in [-0.05, 0) is 52.0 Å². The number of carbonyl (C=O) groups excluding carboxylic acids is 1. The number of hydrogen-bond acceptors (Lipinski definition) is 5. The second-order valence-electron chi connectivity index (χ2n) is 5.96. The molecule has 21 heavy (non-hydrogen) atoms. The van der Waals surface area contributed by atoms with Gasteiger partial charge < -0.3 is 14.8 Å². The number of benzene rings is 1. The quantitative estimate of drug-likeness (QED) is 0.899. The van der Waals surface area contributed by atoms with E-state index >= 15 is 0 Å². The largest absolute Gasteiger partial charge is 0.423 e. The number of amides is 1. The van der Waals surface area contributed by atoms with Gasteiger partial charge in [0.1, 0.15) is 0 Å². The molecule has 0 unspecified atom stereocenters. The van der Waals surface area contributed by atoms with Crippen LogP contribution in [-0.4, -0.2) is 32.4 Å². The summed E-state index contributed by atoms with van der Waals surface area (Å²) in [6, 6.07) is 6.82. The number of rotatable bonds is 4. The zero-order valence-electron chi connectivity index (χ0n) is 12.5. The molecule has 6 heteroatoms. The molecular weight excluding hydrogens is 270 g/mol. The molecule has 6 nitrogen and oxygen atoms in total. The summed E-state index contributed by atoms with van der Waals surface area (Å²) in [5.41, 5.74) is -0.553. The predicted molar refractivity (Wildman–Crippen MR) is 77.6 cm³/mol. The van der Waals surface area contributed by atoms with E-state index in [0.29, 0.717) is 11.5 Å². The third-order valence-corrected chi connectivity index (χ3v) is 3.71. The Morgan fingerprint density at radius 2 is 1.81 bits per heavy atom. The smallest absolute Gasteiger partial charge is 0.251 e. The second kappa shape index (κ2) is 5.29. The van der Waals surface area contributed by atoms with E-state index in [-0.39, 0.29) is 5.91 Å². The van der Waals surface area contributed by atoms with Crippen LogP contribution in [0.2, 0.25) is 0 Å². The Kier molecular flexibility index (Phi) is 3.82. The third-order valence-electron chi connectivity index (χ3n) is 3.71. The van der Waals surface area contributed by atoms with Gasteiger partial charge in [-0.1, -0.05) is 0 Å². The van der Waals surface area contributed by atoms with Crippen LogP contribution in [0.4, 0.5) is 0 Å². The molecule has 0 spiro atoms. The van der Waals surface area contributed by atoms with Crippen molar-refractivity contribution in [1.29, 1.82) is 0 Å². The molecule has 0 aliphatic rings. The first kappa shape index (κ1) is 15.2. The van der Waals surface area contributed by atoms with Crippen LogP contribution < -0.4 is 5.32 Å². The van der Waals surface area contributed by atoms with Gasteiger partial charge in [0.15, 0.2) is 0 Å². The van der Waals surface area contributed by atoms with Crippen molar-refractivity contribution in [2.24, 2.45) is 0 Å². The molecule has 1 aromatic carbocycles. The highest BCUT2D eigenvalue weighted by atomic mass is 16.4. The first-order valence-electron chi connectivity index (χ1n) is 6.62. The molecule has 112 valence electrons. The van der Waals surface area contributed by atoms with E-state index in [4.69, 9.17) is 4.42 Å². The van der Waals surface area contributed by atoms with Gasteiger partial charge in [0.2, 0.25) is 12.3 Å². The van der Waals surface area contributed by atoms with Crippen LogP contribution in [-0.2, 0) is 0 Å². The topological polar surface area (TPSA) is 88.2 Å². The Labute approximate surface area is 123 Å². The van der Waals surface area contributed by atoms with E-state index < -0.39 is 11.1 Å². The number of hydrogen-bond donors (Lipinski definition) is 2. The Bertz CT molecular complexity index is 611. The lowest BCUT2D eigenvalue weighted by atomic mass is 9.85. The van der Waals surface area contributed by atoms with Crippen LogP contribution >= 0.6 is 0 Å². The van der Waals surface area contributed by atoms with Crippen molar-refractivity contribution in [2.45, 2.75) is 38.8 Å². The van der Waals surface area contributed by atoms with Crippen molar-refractivity contribution in [1.82, 2.24) is 15.5 Å².